The maximum Gasteiger partial charge on any atom is 0.253 e. The molecule has 1 saturated carbocycles. The molecule has 2 aromatic heterocycles. The van der Waals surface area contributed by atoms with Crippen LogP contribution in [0.25, 0.3) is 0 Å². The molecule has 2 heterocycles. The molecule has 0 unspecified atom stereocenters. The van der Waals surface area contributed by atoms with E-state index in [1.807, 2.05) is 32.9 Å². The van der Waals surface area contributed by atoms with Gasteiger partial charge in [-0.3, -0.25) is 18.5 Å². The monoisotopic (exact) mass is 484 g/mol. The molecule has 1 N–H and O–H groups in total. The largest absolute Gasteiger partial charge is 0.352 e. The second kappa shape index (κ2) is 10.1. The standard InChI is InChI=1S/C27H40N4O2S/c1-8-9-10-20-18-31(25(2,3)4)34-23(20)30-24(33)27(7)14-11-21(26(27,5)6)22(32)29-17-19-12-15-28-16-13-19/h12-13,15-16,18,21H,8-11,14,17H2,1-7H3,(H,29,32)/b30-23-/t21-,27+/m1/s1. The molecule has 186 valence electrons. The lowest BCUT2D eigenvalue weighted by Crippen LogP contribution is -2.45. The number of carbonyl (C=O) groups is 2. The van der Waals surface area contributed by atoms with Crippen molar-refractivity contribution in [1.82, 2.24) is 14.3 Å². The van der Waals surface area contributed by atoms with Crippen LogP contribution in [-0.2, 0) is 28.1 Å². The molecular weight excluding hydrogens is 444 g/mol. The van der Waals surface area contributed by atoms with E-state index < -0.39 is 10.8 Å². The summed E-state index contributed by atoms with van der Waals surface area (Å²) in [6.45, 7) is 15.2. The van der Waals surface area contributed by atoms with Crippen LogP contribution in [0, 0.1) is 16.7 Å². The molecule has 2 aromatic rings. The third-order valence-electron chi connectivity index (χ3n) is 7.63. The molecule has 6 nitrogen and oxygen atoms in total. The van der Waals surface area contributed by atoms with E-state index in [9.17, 15) is 9.59 Å². The molecule has 0 aromatic carbocycles. The third kappa shape index (κ3) is 5.35. The second-order valence-corrected chi connectivity index (χ2v) is 12.2. The van der Waals surface area contributed by atoms with E-state index >= 15 is 0 Å². The maximum atomic E-state index is 13.7. The number of unbranched alkanes of at least 4 members (excludes halogenated alkanes) is 1. The zero-order chi connectivity index (χ0) is 25.1. The first-order chi connectivity index (χ1) is 15.9. The highest BCUT2D eigenvalue weighted by atomic mass is 32.1. The SMILES string of the molecule is CCCCc1cn(C(C)(C)C)s/c1=N\C(=O)[C@]1(C)CC[C@H](C(=O)NCc2ccncc2)C1(C)C. The summed E-state index contributed by atoms with van der Waals surface area (Å²) in [5, 5.41) is 3.07. The van der Waals surface area contributed by atoms with Gasteiger partial charge in [0, 0.05) is 42.2 Å². The Bertz CT molecular complexity index is 1080. The number of nitrogens with zero attached hydrogens (tertiary/aromatic N) is 3. The van der Waals surface area contributed by atoms with Crippen LogP contribution in [0.4, 0.5) is 0 Å². The number of aromatic nitrogens is 2. The third-order valence-corrected chi connectivity index (χ3v) is 9.00. The van der Waals surface area contributed by atoms with Crippen LogP contribution in [0.3, 0.4) is 0 Å². The Morgan fingerprint density at radius 2 is 1.91 bits per heavy atom. The van der Waals surface area contributed by atoms with E-state index in [4.69, 9.17) is 4.99 Å². The van der Waals surface area contributed by atoms with Gasteiger partial charge in [-0.05, 0) is 81.1 Å². The van der Waals surface area contributed by atoms with Gasteiger partial charge < -0.3 is 5.32 Å². The molecule has 0 spiro atoms. The van der Waals surface area contributed by atoms with Crippen molar-refractivity contribution in [1.29, 1.82) is 0 Å². The van der Waals surface area contributed by atoms with Crippen molar-refractivity contribution in [3.05, 3.63) is 46.5 Å². The van der Waals surface area contributed by atoms with Crippen molar-refractivity contribution in [3.63, 3.8) is 0 Å². The Morgan fingerprint density at radius 3 is 2.53 bits per heavy atom. The van der Waals surface area contributed by atoms with E-state index in [1.165, 1.54) is 0 Å². The molecule has 0 radical (unpaired) electrons. The summed E-state index contributed by atoms with van der Waals surface area (Å²) in [6, 6.07) is 3.79. The first-order valence-electron chi connectivity index (χ1n) is 12.4. The zero-order valence-electron chi connectivity index (χ0n) is 21.8. The van der Waals surface area contributed by atoms with Gasteiger partial charge in [0.25, 0.3) is 5.91 Å². The van der Waals surface area contributed by atoms with Crippen LogP contribution in [0.1, 0.15) is 85.3 Å². The minimum Gasteiger partial charge on any atom is -0.352 e. The average molecular weight is 485 g/mol. The molecular formula is C27H40N4O2S. The Balaban J connectivity index is 1.84. The number of rotatable bonds is 7. The summed E-state index contributed by atoms with van der Waals surface area (Å²) in [4.78, 5) is 35.5. The lowest BCUT2D eigenvalue weighted by molar-refractivity contribution is -0.136. The van der Waals surface area contributed by atoms with Gasteiger partial charge in [-0.25, -0.2) is 4.99 Å². The van der Waals surface area contributed by atoms with Crippen LogP contribution in [0.5, 0.6) is 0 Å². The number of hydrogen-bond acceptors (Lipinski definition) is 4. The molecule has 2 amide bonds. The molecule has 1 aliphatic rings. The smallest absolute Gasteiger partial charge is 0.253 e. The highest BCUT2D eigenvalue weighted by Crippen LogP contribution is 2.56. The van der Waals surface area contributed by atoms with E-state index in [0.29, 0.717) is 19.4 Å². The van der Waals surface area contributed by atoms with Crippen molar-refractivity contribution in [2.75, 3.05) is 0 Å². The number of amides is 2. The minimum absolute atomic E-state index is 0.00340. The predicted octanol–water partition coefficient (Wildman–Crippen LogP) is 5.23. The molecule has 0 saturated heterocycles. The summed E-state index contributed by atoms with van der Waals surface area (Å²) in [7, 11) is 0. The van der Waals surface area contributed by atoms with Gasteiger partial charge in [-0.15, -0.1) is 0 Å². The average Bonchev–Trinajstić information content (AvgIpc) is 3.29. The number of carbonyl (C=O) groups excluding carboxylic acids is 2. The number of nitrogens with one attached hydrogen (secondary N) is 1. The summed E-state index contributed by atoms with van der Waals surface area (Å²) in [6.07, 6.45) is 10.0. The van der Waals surface area contributed by atoms with E-state index in [1.54, 1.807) is 23.9 Å². The van der Waals surface area contributed by atoms with Gasteiger partial charge in [0.2, 0.25) is 5.91 Å². The number of aryl methyl sites for hydroxylation is 1. The fourth-order valence-electron chi connectivity index (χ4n) is 4.71. The van der Waals surface area contributed by atoms with E-state index in [2.05, 4.69) is 48.1 Å². The Labute approximate surface area is 208 Å². The normalized spacial score (nSPS) is 22.7. The topological polar surface area (TPSA) is 76.3 Å². The van der Waals surface area contributed by atoms with Gasteiger partial charge >= 0.3 is 0 Å². The lowest BCUT2D eigenvalue weighted by Gasteiger charge is -2.38. The molecule has 2 atom stereocenters. The molecule has 34 heavy (non-hydrogen) atoms. The molecule has 3 rings (SSSR count). The molecule has 1 fully saturated rings. The van der Waals surface area contributed by atoms with Crippen molar-refractivity contribution < 1.29 is 9.59 Å². The summed E-state index contributed by atoms with van der Waals surface area (Å²) in [5.74, 6) is -0.341. The van der Waals surface area contributed by atoms with Crippen LogP contribution in [0.2, 0.25) is 0 Å². The van der Waals surface area contributed by atoms with Gasteiger partial charge in [-0.1, -0.05) is 34.1 Å². The minimum atomic E-state index is -0.690. The maximum absolute atomic E-state index is 13.7. The highest BCUT2D eigenvalue weighted by Gasteiger charge is 2.58. The molecule has 7 heteroatoms. The fourth-order valence-corrected chi connectivity index (χ4v) is 5.74. The van der Waals surface area contributed by atoms with Gasteiger partial charge in [0.15, 0.2) is 0 Å². The highest BCUT2D eigenvalue weighted by molar-refractivity contribution is 7.04. The first kappa shape index (κ1) is 26.3. The first-order valence-corrected chi connectivity index (χ1v) is 13.2. The molecule has 1 aliphatic carbocycles. The van der Waals surface area contributed by atoms with Crippen LogP contribution < -0.4 is 9.99 Å². The van der Waals surface area contributed by atoms with Crippen molar-refractivity contribution in [2.45, 2.75) is 92.7 Å². The zero-order valence-corrected chi connectivity index (χ0v) is 22.6. The van der Waals surface area contributed by atoms with E-state index in [0.717, 1.165) is 35.1 Å². The van der Waals surface area contributed by atoms with Crippen LogP contribution in [-0.4, -0.2) is 20.8 Å². The van der Waals surface area contributed by atoms with Crippen molar-refractivity contribution in [2.24, 2.45) is 21.7 Å². The van der Waals surface area contributed by atoms with Gasteiger partial charge in [0.05, 0.1) is 5.41 Å². The van der Waals surface area contributed by atoms with Gasteiger partial charge in [-0.2, -0.15) is 0 Å². The predicted molar refractivity (Wildman–Crippen MR) is 137 cm³/mol. The number of pyridine rings is 1. The van der Waals surface area contributed by atoms with Crippen LogP contribution >= 0.6 is 11.5 Å². The Morgan fingerprint density at radius 1 is 1.24 bits per heavy atom. The van der Waals surface area contributed by atoms with Crippen molar-refractivity contribution in [3.8, 4) is 0 Å². The molecule has 0 bridgehead atoms. The van der Waals surface area contributed by atoms with Gasteiger partial charge in [0.1, 0.15) is 4.67 Å². The second-order valence-electron chi connectivity index (χ2n) is 11.3. The Kier molecular flexibility index (Phi) is 7.85. The van der Waals surface area contributed by atoms with E-state index in [-0.39, 0.29) is 23.3 Å². The molecule has 0 aliphatic heterocycles. The summed E-state index contributed by atoms with van der Waals surface area (Å²) in [5.41, 5.74) is 0.899. The number of hydrogen-bond donors (Lipinski definition) is 1. The van der Waals surface area contributed by atoms with Crippen molar-refractivity contribution >= 4 is 23.3 Å². The fraction of sp³-hybridized carbons (Fsp3) is 0.630. The Hall–Kier alpha value is -2.28. The lowest BCUT2D eigenvalue weighted by atomic mass is 9.65. The summed E-state index contributed by atoms with van der Waals surface area (Å²) < 4.78 is 3.01. The van der Waals surface area contributed by atoms with Crippen LogP contribution in [0.15, 0.2) is 35.7 Å². The quantitative estimate of drug-likeness (QED) is 0.585. The summed E-state index contributed by atoms with van der Waals surface area (Å²) >= 11 is 1.56.